The molecule has 1 fully saturated rings. The molecule has 1 aliphatic rings. The van der Waals surface area contributed by atoms with Crippen LogP contribution in [-0.4, -0.2) is 36.0 Å². The lowest BCUT2D eigenvalue weighted by molar-refractivity contribution is 0.0917. The number of benzene rings is 1. The van der Waals surface area contributed by atoms with Crippen LogP contribution in [0.15, 0.2) is 47.8 Å². The first-order chi connectivity index (χ1) is 12.1. The van der Waals surface area contributed by atoms with Crippen molar-refractivity contribution < 1.29 is 9.59 Å². The number of rotatable bonds is 4. The molecule has 2 aromatic rings. The maximum absolute atomic E-state index is 12.4. The second-order valence-electron chi connectivity index (χ2n) is 6.29. The van der Waals surface area contributed by atoms with Crippen molar-refractivity contribution in [2.24, 2.45) is 0 Å². The Morgan fingerprint density at radius 2 is 1.84 bits per heavy atom. The summed E-state index contributed by atoms with van der Waals surface area (Å²) >= 11 is 1.64. The number of carbonyl (C=O) groups is 2. The molecule has 6 heteroatoms. The van der Waals surface area contributed by atoms with Gasteiger partial charge in [-0.05, 0) is 43.3 Å². The molecule has 3 amide bonds. The smallest absolute Gasteiger partial charge is 0.317 e. The topological polar surface area (TPSA) is 61.4 Å². The number of hydrogen-bond donors (Lipinski definition) is 2. The largest absolute Gasteiger partial charge is 0.349 e. The molecule has 25 heavy (non-hydrogen) atoms. The summed E-state index contributed by atoms with van der Waals surface area (Å²) in [5, 5.41) is 8.12. The Morgan fingerprint density at radius 1 is 1.12 bits per heavy atom. The molecule has 1 aliphatic heterocycles. The number of nitrogens with zero attached hydrogens (tertiary/aromatic N) is 1. The maximum atomic E-state index is 12.4. The lowest BCUT2D eigenvalue weighted by atomic mass is 10.0. The van der Waals surface area contributed by atoms with E-state index in [9.17, 15) is 9.59 Å². The van der Waals surface area contributed by atoms with Gasteiger partial charge in [0, 0.05) is 29.6 Å². The monoisotopic (exact) mass is 357 g/mol. The molecule has 1 atom stereocenters. The number of likely N-dealkylation sites (tertiary alicyclic amines) is 1. The zero-order chi connectivity index (χ0) is 17.6. The van der Waals surface area contributed by atoms with E-state index < -0.39 is 0 Å². The lowest BCUT2D eigenvalue weighted by Crippen LogP contribution is -2.49. The Bertz CT molecular complexity index is 695. The van der Waals surface area contributed by atoms with Crippen molar-refractivity contribution in [1.29, 1.82) is 0 Å². The highest BCUT2D eigenvalue weighted by Crippen LogP contribution is 2.19. The molecule has 1 aromatic heterocycles. The normalized spacial score (nSPS) is 16.3. The molecule has 2 N–H and O–H groups in total. The third-order valence-electron chi connectivity index (χ3n) is 4.46. The second-order valence-corrected chi connectivity index (χ2v) is 7.27. The van der Waals surface area contributed by atoms with E-state index in [1.807, 2.05) is 59.7 Å². The summed E-state index contributed by atoms with van der Waals surface area (Å²) in [6, 6.07) is 13.3. The van der Waals surface area contributed by atoms with Gasteiger partial charge in [0.25, 0.3) is 5.91 Å². The molecule has 0 spiro atoms. The third kappa shape index (κ3) is 4.60. The van der Waals surface area contributed by atoms with Crippen LogP contribution in [0.3, 0.4) is 0 Å². The predicted molar refractivity (Wildman–Crippen MR) is 99.8 cm³/mol. The van der Waals surface area contributed by atoms with Crippen molar-refractivity contribution in [3.8, 4) is 0 Å². The van der Waals surface area contributed by atoms with E-state index in [2.05, 4.69) is 10.6 Å². The van der Waals surface area contributed by atoms with Gasteiger partial charge in [0.15, 0.2) is 0 Å². The summed E-state index contributed by atoms with van der Waals surface area (Å²) in [4.78, 5) is 27.6. The number of carbonyl (C=O) groups excluding carboxylic acids is 2. The number of thiophene rings is 1. The van der Waals surface area contributed by atoms with Gasteiger partial charge in [-0.15, -0.1) is 11.3 Å². The second kappa shape index (κ2) is 8.16. The fourth-order valence-corrected chi connectivity index (χ4v) is 3.70. The van der Waals surface area contributed by atoms with Crippen molar-refractivity contribution in [2.75, 3.05) is 13.1 Å². The quantitative estimate of drug-likeness (QED) is 0.881. The van der Waals surface area contributed by atoms with Crippen molar-refractivity contribution in [3.63, 3.8) is 0 Å². The van der Waals surface area contributed by atoms with Crippen molar-refractivity contribution >= 4 is 23.3 Å². The number of amides is 3. The van der Waals surface area contributed by atoms with Gasteiger partial charge in [-0.1, -0.05) is 24.3 Å². The van der Waals surface area contributed by atoms with E-state index in [0.717, 1.165) is 17.7 Å². The van der Waals surface area contributed by atoms with Crippen LogP contribution in [0.5, 0.6) is 0 Å². The van der Waals surface area contributed by atoms with Crippen molar-refractivity contribution in [1.82, 2.24) is 15.5 Å². The molecule has 5 nitrogen and oxygen atoms in total. The Balaban J connectivity index is 1.45. The molecule has 132 valence electrons. The summed E-state index contributed by atoms with van der Waals surface area (Å²) in [5.74, 6) is -0.0465. The molecule has 0 radical (unpaired) electrons. The van der Waals surface area contributed by atoms with Crippen LogP contribution < -0.4 is 10.6 Å². The van der Waals surface area contributed by atoms with Crippen LogP contribution in [0.4, 0.5) is 4.79 Å². The fraction of sp³-hybridized carbons (Fsp3) is 0.368. The minimum absolute atomic E-state index is 0.0167. The van der Waals surface area contributed by atoms with E-state index in [1.54, 1.807) is 11.3 Å². The summed E-state index contributed by atoms with van der Waals surface area (Å²) < 4.78 is 0. The summed E-state index contributed by atoms with van der Waals surface area (Å²) in [5.41, 5.74) is 0.674. The summed E-state index contributed by atoms with van der Waals surface area (Å²) in [6.45, 7) is 3.31. The average Bonchev–Trinajstić information content (AvgIpc) is 3.18. The van der Waals surface area contributed by atoms with Crippen LogP contribution in [0.2, 0.25) is 0 Å². The van der Waals surface area contributed by atoms with Gasteiger partial charge in [-0.25, -0.2) is 4.79 Å². The standard InChI is InChI=1S/C19H23N3O2S/c1-14(17-8-5-13-25-17)20-19(24)22-11-9-16(10-12-22)21-18(23)15-6-3-2-4-7-15/h2-8,13-14,16H,9-12H2,1H3,(H,20,24)(H,21,23)/t14-/m1/s1. The zero-order valence-electron chi connectivity index (χ0n) is 14.3. The first-order valence-electron chi connectivity index (χ1n) is 8.58. The number of nitrogens with one attached hydrogen (secondary N) is 2. The summed E-state index contributed by atoms with van der Waals surface area (Å²) in [7, 11) is 0. The van der Waals surface area contributed by atoms with Crippen molar-refractivity contribution in [2.45, 2.75) is 31.8 Å². The van der Waals surface area contributed by atoms with E-state index in [1.165, 1.54) is 0 Å². The molecule has 0 bridgehead atoms. The van der Waals surface area contributed by atoms with E-state index >= 15 is 0 Å². The number of urea groups is 1. The van der Waals surface area contributed by atoms with Gasteiger partial charge in [-0.2, -0.15) is 0 Å². The molecule has 0 aliphatic carbocycles. The van der Waals surface area contributed by atoms with Gasteiger partial charge in [0.05, 0.1) is 6.04 Å². The zero-order valence-corrected chi connectivity index (χ0v) is 15.1. The SMILES string of the molecule is C[C@@H](NC(=O)N1CCC(NC(=O)c2ccccc2)CC1)c1cccs1. The van der Waals surface area contributed by atoms with Crippen molar-refractivity contribution in [3.05, 3.63) is 58.3 Å². The molecule has 3 rings (SSSR count). The van der Waals surface area contributed by atoms with Crippen LogP contribution >= 0.6 is 11.3 Å². The Hall–Kier alpha value is -2.34. The molecule has 0 saturated carbocycles. The Kier molecular flexibility index (Phi) is 5.71. The number of hydrogen-bond acceptors (Lipinski definition) is 3. The highest BCUT2D eigenvalue weighted by Gasteiger charge is 2.25. The van der Waals surface area contributed by atoms with E-state index in [0.29, 0.717) is 18.7 Å². The third-order valence-corrected chi connectivity index (χ3v) is 5.52. The predicted octanol–water partition coefficient (Wildman–Crippen LogP) is 3.41. The molecule has 1 aromatic carbocycles. The highest BCUT2D eigenvalue weighted by molar-refractivity contribution is 7.10. The molecule has 0 unspecified atom stereocenters. The van der Waals surface area contributed by atoms with Gasteiger partial charge < -0.3 is 15.5 Å². The van der Waals surface area contributed by atoms with E-state index in [4.69, 9.17) is 0 Å². The Morgan fingerprint density at radius 3 is 2.48 bits per heavy atom. The number of piperidine rings is 1. The Labute approximate surface area is 152 Å². The van der Waals surface area contributed by atoms with Gasteiger partial charge >= 0.3 is 6.03 Å². The van der Waals surface area contributed by atoms with Gasteiger partial charge in [0.2, 0.25) is 0 Å². The van der Waals surface area contributed by atoms with Crippen LogP contribution in [-0.2, 0) is 0 Å². The van der Waals surface area contributed by atoms with Gasteiger partial charge in [-0.3, -0.25) is 4.79 Å². The lowest BCUT2D eigenvalue weighted by Gasteiger charge is -2.33. The van der Waals surface area contributed by atoms with E-state index in [-0.39, 0.29) is 24.0 Å². The molecular weight excluding hydrogens is 334 g/mol. The first-order valence-corrected chi connectivity index (χ1v) is 9.46. The molecule has 1 saturated heterocycles. The average molecular weight is 357 g/mol. The fourth-order valence-electron chi connectivity index (χ4n) is 2.97. The van der Waals surface area contributed by atoms with Crippen LogP contribution in [0.25, 0.3) is 0 Å². The molecular formula is C19H23N3O2S. The van der Waals surface area contributed by atoms with Gasteiger partial charge in [0.1, 0.15) is 0 Å². The minimum atomic E-state index is -0.0465. The van der Waals surface area contributed by atoms with Crippen LogP contribution in [0.1, 0.15) is 41.0 Å². The summed E-state index contributed by atoms with van der Waals surface area (Å²) in [6.07, 6.45) is 1.55. The molecule has 2 heterocycles. The minimum Gasteiger partial charge on any atom is -0.349 e. The first kappa shape index (κ1) is 17.5. The maximum Gasteiger partial charge on any atom is 0.317 e. The van der Waals surface area contributed by atoms with Crippen LogP contribution in [0, 0.1) is 0 Å². The highest BCUT2D eigenvalue weighted by atomic mass is 32.1.